The third kappa shape index (κ3) is 13.7. The number of fused-ring (bicyclic) bond motifs is 4. The van der Waals surface area contributed by atoms with Crippen molar-refractivity contribution in [2.75, 3.05) is 59.5 Å². The summed E-state index contributed by atoms with van der Waals surface area (Å²) in [5, 5.41) is 0. The first-order valence-electron chi connectivity index (χ1n) is 20.6. The van der Waals surface area contributed by atoms with Gasteiger partial charge in [0.25, 0.3) is 0 Å². The lowest BCUT2D eigenvalue weighted by Gasteiger charge is -2.46. The lowest BCUT2D eigenvalue weighted by molar-refractivity contribution is -0.385. The average Bonchev–Trinajstić information content (AvgIpc) is 3.80. The molecule has 5 aliphatic rings. The lowest BCUT2D eigenvalue weighted by Crippen LogP contribution is -2.65. The van der Waals surface area contributed by atoms with Gasteiger partial charge in [-0.1, -0.05) is 0 Å². The van der Waals surface area contributed by atoms with Gasteiger partial charge in [0.2, 0.25) is 12.1 Å². The van der Waals surface area contributed by atoms with Gasteiger partial charge in [-0.3, -0.25) is 28.8 Å². The molecule has 63 heavy (non-hydrogen) atoms. The molecule has 0 aromatic heterocycles. The molecule has 0 aromatic carbocycles. The van der Waals surface area contributed by atoms with E-state index in [1.165, 1.54) is 0 Å². The zero-order valence-corrected chi connectivity index (χ0v) is 37.2. The minimum atomic E-state index is -2.41. The van der Waals surface area contributed by atoms with Crippen LogP contribution in [0.3, 0.4) is 0 Å². The standard InChI is InChI=1S/C40H60O23/c1-20(41)51-19-40-36(58-25(6)46)33(55-22(3)43)27(62-40)16-48-12-14-50-31(29-18-53-39(9,10)61-29)30(28-17-52-38(7,8)60-28)49-13-11-47-15-26-32(54-21(2)42)34(56-23(4)44)35(57-24(5)45)37(59-26)63-40/h26-37H,11-19H2,1-10H3/t26-,27-,28-,29-,30?,31-,32-,33-,34+,35-,36+,37-,40+/m1/s1. The molecule has 1 unspecified atom stereocenters. The highest BCUT2D eigenvalue weighted by Crippen LogP contribution is 2.42. The summed E-state index contributed by atoms with van der Waals surface area (Å²) in [6.07, 6.45) is -15.5. The SMILES string of the molecule is CC(=O)OC[C@@]12O[C@H]3O[C@H](COCCOC([C@H]4COC(C)(C)O4)[C@@H]([C@H]4COC(C)(C)O4)OCCOC[C@@H](O1)[C@@H](OC(C)=O)[C@@H]2OC(C)=O)[C@@H](OC(C)=O)[C@H](OC(C)=O)[C@H]3OC(C)=O. The Hall–Kier alpha value is -3.62. The van der Waals surface area contributed by atoms with Crippen LogP contribution >= 0.6 is 0 Å². The van der Waals surface area contributed by atoms with Gasteiger partial charge in [0, 0.05) is 41.5 Å². The molecule has 23 nitrogen and oxygen atoms in total. The Morgan fingerprint density at radius 2 is 0.937 bits per heavy atom. The number of esters is 6. The summed E-state index contributed by atoms with van der Waals surface area (Å²) in [6.45, 7) is 11.9. The Morgan fingerprint density at radius 3 is 1.40 bits per heavy atom. The molecule has 5 fully saturated rings. The molecule has 0 aliphatic carbocycles. The number of carbonyl (C=O) groups excluding carboxylic acids is 6. The van der Waals surface area contributed by atoms with Crippen molar-refractivity contribution in [1.29, 1.82) is 0 Å². The van der Waals surface area contributed by atoms with Crippen LogP contribution in [0.25, 0.3) is 0 Å². The van der Waals surface area contributed by atoms with Gasteiger partial charge in [0.15, 0.2) is 42.1 Å². The van der Waals surface area contributed by atoms with Gasteiger partial charge in [-0.25, -0.2) is 0 Å². The Labute approximate surface area is 364 Å². The molecule has 5 saturated heterocycles. The van der Waals surface area contributed by atoms with E-state index in [9.17, 15) is 28.8 Å². The molecule has 0 amide bonds. The van der Waals surface area contributed by atoms with Crippen molar-refractivity contribution < 1.29 is 109 Å². The molecule has 0 spiro atoms. The van der Waals surface area contributed by atoms with Crippen LogP contribution in [-0.4, -0.2) is 186 Å². The molecule has 358 valence electrons. The maximum atomic E-state index is 12.8. The predicted molar refractivity (Wildman–Crippen MR) is 203 cm³/mol. The molecule has 4 bridgehead atoms. The zero-order valence-electron chi connectivity index (χ0n) is 37.2. The lowest BCUT2D eigenvalue weighted by atomic mass is 9.97. The fourth-order valence-corrected chi connectivity index (χ4v) is 7.82. The summed E-state index contributed by atoms with van der Waals surface area (Å²) >= 11 is 0. The third-order valence-corrected chi connectivity index (χ3v) is 10.1. The van der Waals surface area contributed by atoms with Crippen LogP contribution in [0.5, 0.6) is 0 Å². The molecule has 13 atom stereocenters. The van der Waals surface area contributed by atoms with Gasteiger partial charge in [0.1, 0.15) is 43.2 Å². The molecule has 23 heteroatoms. The topological polar surface area (TPSA) is 259 Å². The summed E-state index contributed by atoms with van der Waals surface area (Å²) in [5.41, 5.74) is 0. The van der Waals surface area contributed by atoms with Gasteiger partial charge < -0.3 is 80.5 Å². The highest BCUT2D eigenvalue weighted by atomic mass is 16.8. The largest absolute Gasteiger partial charge is 0.460 e. The number of hydrogen-bond donors (Lipinski definition) is 0. The monoisotopic (exact) mass is 908 g/mol. The van der Waals surface area contributed by atoms with E-state index in [1.54, 1.807) is 27.7 Å². The molecule has 0 N–H and O–H groups in total. The maximum Gasteiger partial charge on any atom is 0.303 e. The quantitative estimate of drug-likeness (QED) is 0.220. The molecule has 0 aromatic rings. The normalized spacial score (nSPS) is 37.2. The van der Waals surface area contributed by atoms with Gasteiger partial charge in [-0.05, 0) is 27.7 Å². The Balaban J connectivity index is 1.59. The van der Waals surface area contributed by atoms with Crippen molar-refractivity contribution in [3.63, 3.8) is 0 Å². The number of carbonyl (C=O) groups is 6. The van der Waals surface area contributed by atoms with Gasteiger partial charge in [-0.2, -0.15) is 0 Å². The van der Waals surface area contributed by atoms with Crippen LogP contribution in [0.15, 0.2) is 0 Å². The minimum absolute atomic E-state index is 0.0531. The first-order chi connectivity index (χ1) is 29.6. The van der Waals surface area contributed by atoms with Crippen LogP contribution in [0, 0.1) is 0 Å². The minimum Gasteiger partial charge on any atom is -0.460 e. The Morgan fingerprint density at radius 1 is 0.476 bits per heavy atom. The summed E-state index contributed by atoms with van der Waals surface area (Å²) in [4.78, 5) is 75.7. The van der Waals surface area contributed by atoms with Crippen molar-refractivity contribution >= 4 is 35.8 Å². The summed E-state index contributed by atoms with van der Waals surface area (Å²) < 4.78 is 102. The summed E-state index contributed by atoms with van der Waals surface area (Å²) in [5.74, 6) is -9.49. The third-order valence-electron chi connectivity index (χ3n) is 10.1. The first-order valence-corrected chi connectivity index (χ1v) is 20.6. The predicted octanol–water partition coefficient (Wildman–Crippen LogP) is 0.165. The highest BCUT2D eigenvalue weighted by molar-refractivity contribution is 5.69. The number of hydrogen-bond acceptors (Lipinski definition) is 23. The van der Waals surface area contributed by atoms with E-state index in [0.717, 1.165) is 41.5 Å². The van der Waals surface area contributed by atoms with Crippen molar-refractivity contribution in [1.82, 2.24) is 0 Å². The number of ether oxygens (including phenoxy) is 17. The van der Waals surface area contributed by atoms with Crippen molar-refractivity contribution in [2.45, 2.75) is 160 Å². The van der Waals surface area contributed by atoms with Crippen molar-refractivity contribution in [3.05, 3.63) is 0 Å². The summed E-state index contributed by atoms with van der Waals surface area (Å²) in [6, 6.07) is 0. The van der Waals surface area contributed by atoms with E-state index < -0.39 is 140 Å². The van der Waals surface area contributed by atoms with E-state index in [2.05, 4.69) is 0 Å². The Bertz CT molecular complexity index is 1590. The van der Waals surface area contributed by atoms with Crippen molar-refractivity contribution in [2.24, 2.45) is 0 Å². The molecule has 0 radical (unpaired) electrons. The highest BCUT2D eigenvalue weighted by Gasteiger charge is 2.65. The van der Waals surface area contributed by atoms with Crippen LogP contribution < -0.4 is 0 Å². The van der Waals surface area contributed by atoms with Crippen LogP contribution in [0.1, 0.15) is 69.2 Å². The second kappa shape index (κ2) is 21.6. The maximum absolute atomic E-state index is 12.8. The van der Waals surface area contributed by atoms with Gasteiger partial charge in [-0.15, -0.1) is 0 Å². The zero-order chi connectivity index (χ0) is 46.3. The molecule has 5 aliphatic heterocycles. The van der Waals surface area contributed by atoms with Crippen LogP contribution in [0.2, 0.25) is 0 Å². The van der Waals surface area contributed by atoms with Gasteiger partial charge in [0.05, 0.1) is 52.9 Å². The number of rotatable bonds is 9. The second-order valence-corrected chi connectivity index (χ2v) is 16.3. The molecular weight excluding hydrogens is 848 g/mol. The molecule has 5 heterocycles. The van der Waals surface area contributed by atoms with Crippen LogP contribution in [-0.2, 0) is 109 Å². The van der Waals surface area contributed by atoms with E-state index in [-0.39, 0.29) is 46.2 Å². The molecule has 0 saturated carbocycles. The van der Waals surface area contributed by atoms with E-state index in [4.69, 9.17) is 80.5 Å². The second-order valence-electron chi connectivity index (χ2n) is 16.3. The fraction of sp³-hybridized carbons (Fsp3) is 0.850. The smallest absolute Gasteiger partial charge is 0.303 e. The fourth-order valence-electron chi connectivity index (χ4n) is 7.82. The van der Waals surface area contributed by atoms with Crippen molar-refractivity contribution in [3.8, 4) is 0 Å². The van der Waals surface area contributed by atoms with E-state index in [1.807, 2.05) is 0 Å². The van der Waals surface area contributed by atoms with E-state index >= 15 is 0 Å². The molecular formula is C40H60O23. The van der Waals surface area contributed by atoms with Crippen LogP contribution in [0.4, 0.5) is 0 Å². The Kier molecular flexibility index (Phi) is 17.3. The average molecular weight is 909 g/mol. The first kappa shape index (κ1) is 50.4. The van der Waals surface area contributed by atoms with Gasteiger partial charge >= 0.3 is 35.8 Å². The molecule has 5 rings (SSSR count). The van der Waals surface area contributed by atoms with E-state index in [0.29, 0.717) is 0 Å². The summed E-state index contributed by atoms with van der Waals surface area (Å²) in [7, 11) is 0.